The van der Waals surface area contributed by atoms with Crippen molar-refractivity contribution in [2.45, 2.75) is 49.3 Å². The Labute approximate surface area is 125 Å². The van der Waals surface area contributed by atoms with Crippen LogP contribution < -0.4 is 11.2 Å². The molecule has 1 atom stereocenters. The topological polar surface area (TPSA) is 105 Å². The predicted molar refractivity (Wildman–Crippen MR) is 78.3 cm³/mol. The van der Waals surface area contributed by atoms with E-state index in [-0.39, 0.29) is 16.9 Å². The predicted octanol–water partition coefficient (Wildman–Crippen LogP) is 1.06. The van der Waals surface area contributed by atoms with Crippen LogP contribution in [0.15, 0.2) is 14.6 Å². The summed E-state index contributed by atoms with van der Waals surface area (Å²) in [5.41, 5.74) is -1.23. The third-order valence-electron chi connectivity index (χ3n) is 3.52. The third kappa shape index (κ3) is 4.20. The van der Waals surface area contributed by atoms with Gasteiger partial charge in [-0.3, -0.25) is 14.6 Å². The Bertz CT molecular complexity index is 592. The highest BCUT2D eigenvalue weighted by molar-refractivity contribution is 8.00. The van der Waals surface area contributed by atoms with Gasteiger partial charge in [-0.05, 0) is 25.7 Å². The fourth-order valence-corrected chi connectivity index (χ4v) is 3.66. The molecule has 7 nitrogen and oxygen atoms in total. The number of hydrogen-bond acceptors (Lipinski definition) is 6. The standard InChI is InChI=1S/C13H19N3O4S/c1-2-20-12(18)9(8-6-4-3-5-7-8)21-11-10(17)14-13(19)16-15-11/h8-9H,2-7H2,1H3,(H2,14,16,17,19). The van der Waals surface area contributed by atoms with E-state index in [0.29, 0.717) is 6.61 Å². The van der Waals surface area contributed by atoms with Gasteiger partial charge in [-0.1, -0.05) is 31.0 Å². The Hall–Kier alpha value is -1.57. The van der Waals surface area contributed by atoms with Crippen LogP contribution in [0.3, 0.4) is 0 Å². The summed E-state index contributed by atoms with van der Waals surface area (Å²) in [6.07, 6.45) is 5.22. The van der Waals surface area contributed by atoms with Gasteiger partial charge in [-0.2, -0.15) is 5.10 Å². The number of aromatic nitrogens is 3. The van der Waals surface area contributed by atoms with Gasteiger partial charge in [-0.15, -0.1) is 0 Å². The molecular formula is C13H19N3O4S. The van der Waals surface area contributed by atoms with Crippen molar-refractivity contribution < 1.29 is 9.53 Å². The molecule has 2 rings (SSSR count). The van der Waals surface area contributed by atoms with E-state index in [9.17, 15) is 14.4 Å². The molecule has 1 aliphatic rings. The number of esters is 1. The number of carbonyl (C=O) groups excluding carboxylic acids is 1. The van der Waals surface area contributed by atoms with E-state index in [1.807, 2.05) is 0 Å². The number of aromatic amines is 2. The van der Waals surface area contributed by atoms with Crippen molar-refractivity contribution in [1.29, 1.82) is 0 Å². The summed E-state index contributed by atoms with van der Waals surface area (Å²) >= 11 is 1.08. The molecular weight excluding hydrogens is 294 g/mol. The summed E-state index contributed by atoms with van der Waals surface area (Å²) in [7, 11) is 0. The molecule has 1 fully saturated rings. The highest BCUT2D eigenvalue weighted by atomic mass is 32.2. The number of H-pyrrole nitrogens is 2. The Kier molecular flexibility index (Phi) is 5.60. The highest BCUT2D eigenvalue weighted by Gasteiger charge is 2.32. The van der Waals surface area contributed by atoms with E-state index in [2.05, 4.69) is 15.2 Å². The van der Waals surface area contributed by atoms with E-state index in [1.165, 1.54) is 6.42 Å². The molecule has 1 heterocycles. The van der Waals surface area contributed by atoms with Gasteiger partial charge in [0.05, 0.1) is 6.61 Å². The monoisotopic (exact) mass is 313 g/mol. The first-order valence-corrected chi connectivity index (χ1v) is 8.02. The lowest BCUT2D eigenvalue weighted by molar-refractivity contribution is -0.143. The Balaban J connectivity index is 2.20. The lowest BCUT2D eigenvalue weighted by Gasteiger charge is -2.27. The van der Waals surface area contributed by atoms with Crippen LogP contribution in [-0.4, -0.2) is 33.0 Å². The number of thioether (sulfide) groups is 1. The molecule has 2 N–H and O–H groups in total. The van der Waals surface area contributed by atoms with Crippen LogP contribution in [0.2, 0.25) is 0 Å². The summed E-state index contributed by atoms with van der Waals surface area (Å²) in [5.74, 6) is -0.141. The largest absolute Gasteiger partial charge is 0.465 e. The van der Waals surface area contributed by atoms with Gasteiger partial charge in [0.1, 0.15) is 5.25 Å². The molecule has 1 aliphatic carbocycles. The van der Waals surface area contributed by atoms with Crippen molar-refractivity contribution in [1.82, 2.24) is 15.2 Å². The van der Waals surface area contributed by atoms with Crippen molar-refractivity contribution in [3.8, 4) is 0 Å². The van der Waals surface area contributed by atoms with E-state index in [1.54, 1.807) is 6.92 Å². The number of nitrogens with zero attached hydrogens (tertiary/aromatic N) is 1. The molecule has 0 aromatic carbocycles. The maximum absolute atomic E-state index is 12.2. The Morgan fingerprint density at radius 2 is 2.10 bits per heavy atom. The van der Waals surface area contributed by atoms with Crippen molar-refractivity contribution >= 4 is 17.7 Å². The normalized spacial score (nSPS) is 17.4. The summed E-state index contributed by atoms with van der Waals surface area (Å²) in [4.78, 5) is 37.0. The molecule has 1 aromatic rings. The van der Waals surface area contributed by atoms with Gasteiger partial charge in [0, 0.05) is 0 Å². The van der Waals surface area contributed by atoms with Gasteiger partial charge in [0.15, 0.2) is 5.03 Å². The fraction of sp³-hybridized carbons (Fsp3) is 0.692. The zero-order valence-electron chi connectivity index (χ0n) is 11.9. The van der Waals surface area contributed by atoms with Crippen LogP contribution in [-0.2, 0) is 9.53 Å². The molecule has 0 amide bonds. The molecule has 8 heteroatoms. The summed E-state index contributed by atoms with van der Waals surface area (Å²) < 4.78 is 5.12. The lowest BCUT2D eigenvalue weighted by Crippen LogP contribution is -2.32. The lowest BCUT2D eigenvalue weighted by atomic mass is 9.87. The highest BCUT2D eigenvalue weighted by Crippen LogP contribution is 2.35. The second kappa shape index (κ2) is 7.44. The van der Waals surface area contributed by atoms with Crippen LogP contribution in [0.4, 0.5) is 0 Å². The maximum Gasteiger partial charge on any atom is 0.342 e. The average molecular weight is 313 g/mol. The number of carbonyl (C=O) groups is 1. The molecule has 0 radical (unpaired) electrons. The second-order valence-electron chi connectivity index (χ2n) is 5.00. The van der Waals surface area contributed by atoms with Crippen LogP contribution in [0, 0.1) is 5.92 Å². The molecule has 116 valence electrons. The fourth-order valence-electron chi connectivity index (χ4n) is 2.54. The van der Waals surface area contributed by atoms with Crippen LogP contribution in [0.1, 0.15) is 39.0 Å². The van der Waals surface area contributed by atoms with Crippen LogP contribution in [0.5, 0.6) is 0 Å². The zero-order valence-corrected chi connectivity index (χ0v) is 12.7. The SMILES string of the molecule is CCOC(=O)C(Sc1n[nH]c(=O)[nH]c1=O)C1CCCCC1. The van der Waals surface area contributed by atoms with E-state index >= 15 is 0 Å². The Morgan fingerprint density at radius 1 is 1.38 bits per heavy atom. The number of rotatable bonds is 5. The first-order valence-electron chi connectivity index (χ1n) is 7.14. The van der Waals surface area contributed by atoms with Gasteiger partial charge >= 0.3 is 11.7 Å². The van der Waals surface area contributed by atoms with Crippen molar-refractivity contribution in [3.05, 3.63) is 20.8 Å². The zero-order chi connectivity index (χ0) is 15.2. The minimum atomic E-state index is -0.658. The van der Waals surface area contributed by atoms with Gasteiger partial charge in [-0.25, -0.2) is 9.89 Å². The molecule has 1 unspecified atom stereocenters. The third-order valence-corrected chi connectivity index (χ3v) is 4.85. The molecule has 0 aliphatic heterocycles. The van der Waals surface area contributed by atoms with E-state index < -0.39 is 16.5 Å². The molecule has 0 saturated heterocycles. The van der Waals surface area contributed by atoms with Gasteiger partial charge in [0.25, 0.3) is 5.56 Å². The average Bonchev–Trinajstić information content (AvgIpc) is 2.47. The molecule has 0 spiro atoms. The van der Waals surface area contributed by atoms with E-state index in [4.69, 9.17) is 4.74 Å². The van der Waals surface area contributed by atoms with Crippen LogP contribution in [0.25, 0.3) is 0 Å². The minimum Gasteiger partial charge on any atom is -0.465 e. The first kappa shape index (κ1) is 15.8. The second-order valence-corrected chi connectivity index (χ2v) is 6.13. The molecule has 1 aromatic heterocycles. The number of nitrogens with one attached hydrogen (secondary N) is 2. The quantitative estimate of drug-likeness (QED) is 0.622. The minimum absolute atomic E-state index is 0.0956. The maximum atomic E-state index is 12.2. The van der Waals surface area contributed by atoms with Crippen molar-refractivity contribution in [3.63, 3.8) is 0 Å². The summed E-state index contributed by atoms with van der Waals surface area (Å²) in [6.45, 7) is 2.06. The molecule has 1 saturated carbocycles. The summed E-state index contributed by atoms with van der Waals surface area (Å²) in [5, 5.41) is 5.56. The van der Waals surface area contributed by atoms with Crippen molar-refractivity contribution in [2.75, 3.05) is 6.61 Å². The smallest absolute Gasteiger partial charge is 0.342 e. The van der Waals surface area contributed by atoms with Gasteiger partial charge in [0.2, 0.25) is 0 Å². The van der Waals surface area contributed by atoms with Crippen LogP contribution >= 0.6 is 11.8 Å². The first-order chi connectivity index (χ1) is 10.1. The van der Waals surface area contributed by atoms with Gasteiger partial charge < -0.3 is 4.74 Å². The van der Waals surface area contributed by atoms with Crippen molar-refractivity contribution in [2.24, 2.45) is 5.92 Å². The number of ether oxygens (including phenoxy) is 1. The summed E-state index contributed by atoms with van der Waals surface area (Å²) in [6, 6.07) is 0. The number of hydrogen-bond donors (Lipinski definition) is 2. The molecule has 0 bridgehead atoms. The van der Waals surface area contributed by atoms with E-state index in [0.717, 1.165) is 37.4 Å². The molecule has 21 heavy (non-hydrogen) atoms. The Morgan fingerprint density at radius 3 is 2.71 bits per heavy atom.